The lowest BCUT2D eigenvalue weighted by Crippen LogP contribution is -2.53. The molecular formula is C15H19NO3. The van der Waals surface area contributed by atoms with Crippen LogP contribution in [0.4, 0.5) is 0 Å². The molecule has 1 amide bonds. The van der Waals surface area contributed by atoms with Crippen molar-refractivity contribution in [3.63, 3.8) is 0 Å². The molecular weight excluding hydrogens is 242 g/mol. The molecule has 1 aromatic rings. The van der Waals surface area contributed by atoms with Crippen molar-refractivity contribution in [1.29, 1.82) is 0 Å². The molecule has 0 aromatic heterocycles. The zero-order valence-corrected chi connectivity index (χ0v) is 11.1. The molecule has 0 spiro atoms. The number of hydrogen-bond acceptors (Lipinski definition) is 2. The first-order valence-electron chi connectivity index (χ1n) is 6.68. The number of hydrogen-bond donors (Lipinski definition) is 1. The van der Waals surface area contributed by atoms with Gasteiger partial charge in [0.25, 0.3) is 0 Å². The van der Waals surface area contributed by atoms with Gasteiger partial charge in [0.15, 0.2) is 0 Å². The Labute approximate surface area is 113 Å². The van der Waals surface area contributed by atoms with Crippen LogP contribution in [-0.2, 0) is 22.4 Å². The van der Waals surface area contributed by atoms with Crippen LogP contribution in [0.3, 0.4) is 0 Å². The Bertz CT molecular complexity index is 461. The number of benzene rings is 1. The molecule has 1 N–H and O–H groups in total. The second-order valence-corrected chi connectivity index (χ2v) is 5.00. The molecule has 1 fully saturated rings. The van der Waals surface area contributed by atoms with Crippen LogP contribution in [0.2, 0.25) is 0 Å². The summed E-state index contributed by atoms with van der Waals surface area (Å²) >= 11 is 0. The van der Waals surface area contributed by atoms with Gasteiger partial charge in [-0.15, -0.1) is 0 Å². The van der Waals surface area contributed by atoms with Gasteiger partial charge in [0.1, 0.15) is 0 Å². The molecule has 0 radical (unpaired) electrons. The Balaban J connectivity index is 1.76. The smallest absolute Gasteiger partial charge is 0.310 e. The molecule has 0 aliphatic carbocycles. The van der Waals surface area contributed by atoms with E-state index in [1.807, 2.05) is 0 Å². The molecule has 0 bridgehead atoms. The van der Waals surface area contributed by atoms with E-state index in [2.05, 4.69) is 31.2 Å². The van der Waals surface area contributed by atoms with E-state index >= 15 is 0 Å². The Morgan fingerprint density at radius 3 is 2.32 bits per heavy atom. The van der Waals surface area contributed by atoms with Crippen molar-refractivity contribution in [2.24, 2.45) is 5.92 Å². The summed E-state index contributed by atoms with van der Waals surface area (Å²) < 4.78 is 0. The summed E-state index contributed by atoms with van der Waals surface area (Å²) in [5, 5.41) is 8.75. The first kappa shape index (κ1) is 13.6. The maximum Gasteiger partial charge on any atom is 0.310 e. The molecule has 0 unspecified atom stereocenters. The molecule has 1 aromatic carbocycles. The van der Waals surface area contributed by atoms with Gasteiger partial charge in [0.2, 0.25) is 5.91 Å². The first-order valence-corrected chi connectivity index (χ1v) is 6.68. The molecule has 2 rings (SSSR count). The predicted molar refractivity (Wildman–Crippen MR) is 71.8 cm³/mol. The Morgan fingerprint density at radius 2 is 1.79 bits per heavy atom. The summed E-state index contributed by atoms with van der Waals surface area (Å²) in [4.78, 5) is 24.1. The Morgan fingerprint density at radius 1 is 1.21 bits per heavy atom. The van der Waals surface area contributed by atoms with Crippen molar-refractivity contribution >= 4 is 11.9 Å². The lowest BCUT2D eigenvalue weighted by molar-refractivity contribution is -0.152. The lowest BCUT2D eigenvalue weighted by atomic mass is 9.99. The van der Waals surface area contributed by atoms with Crippen LogP contribution in [0.1, 0.15) is 24.5 Å². The molecule has 4 heteroatoms. The molecule has 1 saturated heterocycles. The third-order valence-corrected chi connectivity index (χ3v) is 3.64. The predicted octanol–water partition coefficient (Wildman–Crippen LogP) is 1.72. The zero-order valence-electron chi connectivity index (χ0n) is 11.1. The normalized spacial score (nSPS) is 15.1. The van der Waals surface area contributed by atoms with Crippen LogP contribution >= 0.6 is 0 Å². The summed E-state index contributed by atoms with van der Waals surface area (Å²) in [6.07, 6.45) is 2.19. The van der Waals surface area contributed by atoms with Crippen molar-refractivity contribution in [3.8, 4) is 0 Å². The van der Waals surface area contributed by atoms with Gasteiger partial charge in [-0.1, -0.05) is 31.2 Å². The second kappa shape index (κ2) is 5.87. The van der Waals surface area contributed by atoms with Crippen LogP contribution in [-0.4, -0.2) is 35.0 Å². The van der Waals surface area contributed by atoms with Crippen molar-refractivity contribution < 1.29 is 14.7 Å². The molecule has 19 heavy (non-hydrogen) atoms. The minimum absolute atomic E-state index is 0.0528. The van der Waals surface area contributed by atoms with Gasteiger partial charge in [0.05, 0.1) is 5.92 Å². The highest BCUT2D eigenvalue weighted by Gasteiger charge is 2.34. The maximum absolute atomic E-state index is 11.8. The second-order valence-electron chi connectivity index (χ2n) is 5.00. The van der Waals surface area contributed by atoms with E-state index < -0.39 is 5.97 Å². The van der Waals surface area contributed by atoms with Gasteiger partial charge < -0.3 is 10.0 Å². The number of nitrogens with zero attached hydrogens (tertiary/aromatic N) is 1. The quantitative estimate of drug-likeness (QED) is 0.878. The molecule has 4 nitrogen and oxygen atoms in total. The summed E-state index contributed by atoms with van der Waals surface area (Å²) in [6.45, 7) is 2.84. The number of carboxylic acid groups (broad SMARTS) is 1. The number of likely N-dealkylation sites (tertiary alicyclic amines) is 1. The van der Waals surface area contributed by atoms with Gasteiger partial charge in [-0.3, -0.25) is 9.59 Å². The van der Waals surface area contributed by atoms with Crippen LogP contribution in [0.15, 0.2) is 24.3 Å². The largest absolute Gasteiger partial charge is 0.481 e. The summed E-state index contributed by atoms with van der Waals surface area (Å²) in [7, 11) is 0. The fourth-order valence-electron chi connectivity index (χ4n) is 2.19. The van der Waals surface area contributed by atoms with E-state index in [0.29, 0.717) is 19.5 Å². The number of carbonyl (C=O) groups is 2. The van der Waals surface area contributed by atoms with Gasteiger partial charge in [-0.05, 0) is 24.0 Å². The van der Waals surface area contributed by atoms with Crippen molar-refractivity contribution in [2.75, 3.05) is 13.1 Å². The minimum atomic E-state index is -0.806. The van der Waals surface area contributed by atoms with Crippen LogP contribution in [0.5, 0.6) is 0 Å². The third kappa shape index (κ3) is 3.34. The van der Waals surface area contributed by atoms with Gasteiger partial charge in [-0.25, -0.2) is 0 Å². The lowest BCUT2D eigenvalue weighted by Gasteiger charge is -2.36. The summed E-state index contributed by atoms with van der Waals surface area (Å²) in [5.41, 5.74) is 2.45. The fraction of sp³-hybridized carbons (Fsp3) is 0.467. The van der Waals surface area contributed by atoms with E-state index in [-0.39, 0.29) is 11.8 Å². The molecule has 0 atom stereocenters. The average Bonchev–Trinajstić information content (AvgIpc) is 2.34. The van der Waals surface area contributed by atoms with E-state index in [4.69, 9.17) is 5.11 Å². The molecule has 1 aliphatic heterocycles. The summed E-state index contributed by atoms with van der Waals surface area (Å²) in [6, 6.07) is 8.29. The van der Waals surface area contributed by atoms with Gasteiger partial charge in [0, 0.05) is 19.5 Å². The van der Waals surface area contributed by atoms with Crippen molar-refractivity contribution in [3.05, 3.63) is 35.4 Å². The van der Waals surface area contributed by atoms with Crippen LogP contribution < -0.4 is 0 Å². The van der Waals surface area contributed by atoms with E-state index in [1.54, 1.807) is 4.90 Å². The zero-order chi connectivity index (χ0) is 13.8. The summed E-state index contributed by atoms with van der Waals surface area (Å²) in [5.74, 6) is -1.12. The van der Waals surface area contributed by atoms with Crippen molar-refractivity contribution in [1.82, 2.24) is 4.90 Å². The average molecular weight is 261 g/mol. The number of amides is 1. The van der Waals surface area contributed by atoms with E-state index in [9.17, 15) is 9.59 Å². The van der Waals surface area contributed by atoms with Gasteiger partial charge >= 0.3 is 5.97 Å². The number of aliphatic carboxylic acids is 1. The third-order valence-electron chi connectivity index (χ3n) is 3.64. The van der Waals surface area contributed by atoms with Crippen LogP contribution in [0, 0.1) is 5.92 Å². The van der Waals surface area contributed by atoms with Gasteiger partial charge in [-0.2, -0.15) is 0 Å². The number of carboxylic acids is 1. The molecule has 1 aliphatic rings. The monoisotopic (exact) mass is 261 g/mol. The minimum Gasteiger partial charge on any atom is -0.481 e. The molecule has 102 valence electrons. The number of aryl methyl sites for hydroxylation is 2. The highest BCUT2D eigenvalue weighted by Crippen LogP contribution is 2.17. The Hall–Kier alpha value is -1.84. The van der Waals surface area contributed by atoms with E-state index in [1.165, 1.54) is 5.56 Å². The number of rotatable bonds is 5. The highest BCUT2D eigenvalue weighted by atomic mass is 16.4. The van der Waals surface area contributed by atoms with Crippen molar-refractivity contribution in [2.45, 2.75) is 26.2 Å². The highest BCUT2D eigenvalue weighted by molar-refractivity contribution is 5.81. The standard InChI is InChI=1S/C15H19NO3/c1-2-11-3-5-12(6-4-11)7-8-14(17)16-9-13(10-16)15(18)19/h3-6,13H,2,7-10H2,1H3,(H,18,19). The Kier molecular flexibility index (Phi) is 4.20. The topological polar surface area (TPSA) is 57.6 Å². The molecule has 0 saturated carbocycles. The fourth-order valence-corrected chi connectivity index (χ4v) is 2.19. The van der Waals surface area contributed by atoms with E-state index in [0.717, 1.165) is 18.4 Å². The first-order chi connectivity index (χ1) is 9.10. The maximum atomic E-state index is 11.8. The molecule has 1 heterocycles. The number of carbonyl (C=O) groups excluding carboxylic acids is 1. The van der Waals surface area contributed by atoms with Crippen LogP contribution in [0.25, 0.3) is 0 Å². The SMILES string of the molecule is CCc1ccc(CCC(=O)N2CC(C(=O)O)C2)cc1.